The second kappa shape index (κ2) is 8.08. The molecule has 1 aromatic carbocycles. The first-order chi connectivity index (χ1) is 12.5. The van der Waals surface area contributed by atoms with Crippen molar-refractivity contribution in [3.8, 4) is 0 Å². The first kappa shape index (κ1) is 18.7. The number of piperazine rings is 1. The molecule has 2 fully saturated rings. The molecule has 142 valence electrons. The van der Waals surface area contributed by atoms with E-state index in [9.17, 15) is 9.59 Å². The smallest absolute Gasteiger partial charge is 0.335 e. The van der Waals surface area contributed by atoms with Gasteiger partial charge in [-0.2, -0.15) is 0 Å². The maximum absolute atomic E-state index is 12.9. The minimum absolute atomic E-state index is 0.119. The highest BCUT2D eigenvalue weighted by atomic mass is 16.4. The van der Waals surface area contributed by atoms with E-state index in [1.807, 2.05) is 11.0 Å². The summed E-state index contributed by atoms with van der Waals surface area (Å²) in [6, 6.07) is 7.52. The molecule has 6 nitrogen and oxygen atoms in total. The highest BCUT2D eigenvalue weighted by Gasteiger charge is 2.31. The van der Waals surface area contributed by atoms with Crippen molar-refractivity contribution in [3.63, 3.8) is 0 Å². The van der Waals surface area contributed by atoms with Gasteiger partial charge in [-0.25, -0.2) is 4.79 Å². The number of anilines is 1. The second-order valence-corrected chi connectivity index (χ2v) is 7.60. The Morgan fingerprint density at radius 1 is 1.12 bits per heavy atom. The molecule has 0 aromatic heterocycles. The summed E-state index contributed by atoms with van der Waals surface area (Å²) in [7, 11) is 0. The number of carboxylic acids is 1. The molecule has 1 atom stereocenters. The highest BCUT2D eigenvalue weighted by molar-refractivity contribution is 5.88. The fraction of sp³-hybridized carbons (Fsp3) is 0.600. The molecule has 0 radical (unpaired) electrons. The molecule has 2 aliphatic rings. The fourth-order valence-electron chi connectivity index (χ4n) is 3.96. The van der Waals surface area contributed by atoms with E-state index in [4.69, 9.17) is 5.11 Å². The quantitative estimate of drug-likeness (QED) is 0.892. The normalized spacial score (nSPS) is 21.9. The first-order valence-corrected chi connectivity index (χ1v) is 9.57. The number of piperidine rings is 1. The van der Waals surface area contributed by atoms with Crippen LogP contribution in [0.5, 0.6) is 0 Å². The van der Waals surface area contributed by atoms with Crippen LogP contribution in [0.25, 0.3) is 0 Å². The summed E-state index contributed by atoms with van der Waals surface area (Å²) in [5.74, 6) is -0.505. The lowest BCUT2D eigenvalue weighted by molar-refractivity contribution is -0.137. The van der Waals surface area contributed by atoms with Gasteiger partial charge in [-0.15, -0.1) is 0 Å². The fourth-order valence-corrected chi connectivity index (χ4v) is 3.96. The van der Waals surface area contributed by atoms with Crippen LogP contribution >= 0.6 is 0 Å². The number of hydrogen-bond acceptors (Lipinski definition) is 4. The van der Waals surface area contributed by atoms with Gasteiger partial charge < -0.3 is 19.8 Å². The van der Waals surface area contributed by atoms with Gasteiger partial charge in [0.2, 0.25) is 5.91 Å². The Morgan fingerprint density at radius 3 is 2.50 bits per heavy atom. The molecule has 0 bridgehead atoms. The maximum atomic E-state index is 12.9. The lowest BCUT2D eigenvalue weighted by Crippen LogP contribution is -2.53. The van der Waals surface area contributed by atoms with Crippen molar-refractivity contribution in [2.24, 2.45) is 5.92 Å². The zero-order valence-electron chi connectivity index (χ0n) is 15.7. The van der Waals surface area contributed by atoms with Crippen LogP contribution in [0.15, 0.2) is 24.3 Å². The minimum atomic E-state index is -0.910. The molecule has 2 heterocycles. The monoisotopic (exact) mass is 359 g/mol. The Kier molecular flexibility index (Phi) is 5.81. The Balaban J connectivity index is 1.57. The van der Waals surface area contributed by atoms with E-state index in [0.29, 0.717) is 24.7 Å². The van der Waals surface area contributed by atoms with E-state index in [-0.39, 0.29) is 11.8 Å². The number of rotatable bonds is 4. The van der Waals surface area contributed by atoms with E-state index in [2.05, 4.69) is 23.6 Å². The van der Waals surface area contributed by atoms with Crippen molar-refractivity contribution in [2.75, 3.05) is 44.2 Å². The summed E-state index contributed by atoms with van der Waals surface area (Å²) < 4.78 is 0. The third-order valence-corrected chi connectivity index (χ3v) is 5.58. The van der Waals surface area contributed by atoms with Crippen molar-refractivity contribution in [1.29, 1.82) is 0 Å². The standard InChI is InChI=1S/C20H29N3O3/c1-15(2)23-8-4-6-17(14-23)19(24)22-11-9-21(10-12-22)18-7-3-5-16(13-18)20(25)26/h3,5,7,13,15,17H,4,6,8-12,14H2,1-2H3,(H,25,26)/t17-/m0/s1. The van der Waals surface area contributed by atoms with E-state index in [0.717, 1.165) is 44.7 Å². The van der Waals surface area contributed by atoms with Gasteiger partial charge in [-0.3, -0.25) is 4.79 Å². The van der Waals surface area contributed by atoms with Gasteiger partial charge in [0.15, 0.2) is 0 Å². The molecule has 2 saturated heterocycles. The molecule has 0 saturated carbocycles. The summed E-state index contributed by atoms with van der Waals surface area (Å²) in [5.41, 5.74) is 1.22. The summed E-state index contributed by atoms with van der Waals surface area (Å²) in [6.07, 6.45) is 2.08. The summed E-state index contributed by atoms with van der Waals surface area (Å²) in [5, 5.41) is 9.15. The third-order valence-electron chi connectivity index (χ3n) is 5.58. The number of nitrogens with zero attached hydrogens (tertiary/aromatic N) is 3. The number of amides is 1. The Bertz CT molecular complexity index is 653. The molecule has 26 heavy (non-hydrogen) atoms. The summed E-state index contributed by atoms with van der Waals surface area (Å²) in [4.78, 5) is 30.6. The van der Waals surface area contributed by atoms with Crippen LogP contribution in [0.2, 0.25) is 0 Å². The van der Waals surface area contributed by atoms with Crippen molar-refractivity contribution in [2.45, 2.75) is 32.7 Å². The van der Waals surface area contributed by atoms with Gasteiger partial charge in [0.25, 0.3) is 0 Å². The molecule has 1 aromatic rings. The van der Waals surface area contributed by atoms with Crippen LogP contribution in [0.4, 0.5) is 5.69 Å². The minimum Gasteiger partial charge on any atom is -0.478 e. The second-order valence-electron chi connectivity index (χ2n) is 7.60. The van der Waals surface area contributed by atoms with Crippen molar-refractivity contribution in [1.82, 2.24) is 9.80 Å². The lowest BCUT2D eigenvalue weighted by Gasteiger charge is -2.40. The molecule has 0 spiro atoms. The third kappa shape index (κ3) is 4.18. The first-order valence-electron chi connectivity index (χ1n) is 9.57. The zero-order valence-corrected chi connectivity index (χ0v) is 15.7. The Morgan fingerprint density at radius 2 is 1.85 bits per heavy atom. The Labute approximate surface area is 155 Å². The lowest BCUT2D eigenvalue weighted by atomic mass is 9.95. The van der Waals surface area contributed by atoms with Crippen molar-refractivity contribution in [3.05, 3.63) is 29.8 Å². The predicted octanol–water partition coefficient (Wildman–Crippen LogP) is 2.15. The molecule has 2 aliphatic heterocycles. The number of carboxylic acid groups (broad SMARTS) is 1. The molecule has 1 amide bonds. The van der Waals surface area contributed by atoms with Crippen LogP contribution in [0, 0.1) is 5.92 Å². The van der Waals surface area contributed by atoms with E-state index >= 15 is 0 Å². The van der Waals surface area contributed by atoms with Crippen LogP contribution in [-0.4, -0.2) is 72.1 Å². The van der Waals surface area contributed by atoms with Gasteiger partial charge in [-0.05, 0) is 51.4 Å². The zero-order chi connectivity index (χ0) is 18.7. The van der Waals surface area contributed by atoms with Crippen LogP contribution in [0.1, 0.15) is 37.0 Å². The van der Waals surface area contributed by atoms with E-state index in [1.54, 1.807) is 18.2 Å². The molecule has 0 unspecified atom stereocenters. The molecule has 6 heteroatoms. The number of hydrogen-bond donors (Lipinski definition) is 1. The molecule has 0 aliphatic carbocycles. The number of benzene rings is 1. The molecular formula is C20H29N3O3. The van der Waals surface area contributed by atoms with Gasteiger partial charge in [-0.1, -0.05) is 6.07 Å². The molecule has 1 N–H and O–H groups in total. The van der Waals surface area contributed by atoms with Crippen LogP contribution < -0.4 is 4.90 Å². The maximum Gasteiger partial charge on any atom is 0.335 e. The number of likely N-dealkylation sites (tertiary alicyclic amines) is 1. The molecule has 3 rings (SSSR count). The highest BCUT2D eigenvalue weighted by Crippen LogP contribution is 2.23. The van der Waals surface area contributed by atoms with Crippen LogP contribution in [-0.2, 0) is 4.79 Å². The molecular weight excluding hydrogens is 330 g/mol. The topological polar surface area (TPSA) is 64.1 Å². The van der Waals surface area contributed by atoms with E-state index in [1.165, 1.54) is 0 Å². The average Bonchev–Trinajstić information content (AvgIpc) is 2.67. The van der Waals surface area contributed by atoms with Crippen molar-refractivity contribution >= 4 is 17.6 Å². The van der Waals surface area contributed by atoms with Crippen molar-refractivity contribution < 1.29 is 14.7 Å². The summed E-state index contributed by atoms with van der Waals surface area (Å²) in [6.45, 7) is 9.24. The predicted molar refractivity (Wildman–Crippen MR) is 102 cm³/mol. The number of carbonyl (C=O) groups is 2. The van der Waals surface area contributed by atoms with E-state index < -0.39 is 5.97 Å². The largest absolute Gasteiger partial charge is 0.478 e. The van der Waals surface area contributed by atoms with Gasteiger partial charge in [0, 0.05) is 44.5 Å². The summed E-state index contributed by atoms with van der Waals surface area (Å²) >= 11 is 0. The van der Waals surface area contributed by atoms with Crippen LogP contribution in [0.3, 0.4) is 0 Å². The van der Waals surface area contributed by atoms with Gasteiger partial charge in [0.1, 0.15) is 0 Å². The Hall–Kier alpha value is -2.08. The van der Waals surface area contributed by atoms with Gasteiger partial charge in [0.05, 0.1) is 11.5 Å². The van der Waals surface area contributed by atoms with Gasteiger partial charge >= 0.3 is 5.97 Å². The SMILES string of the molecule is CC(C)N1CCC[C@H](C(=O)N2CCN(c3cccc(C(=O)O)c3)CC2)C1. The number of carbonyl (C=O) groups excluding carboxylic acids is 1. The number of aromatic carboxylic acids is 1. The average molecular weight is 359 g/mol.